The van der Waals surface area contributed by atoms with E-state index in [0.717, 1.165) is 11.8 Å². The number of likely N-dealkylation sites (N-methyl/N-ethyl adjacent to an activating group) is 1. The number of nitrogens with one attached hydrogen (secondary N) is 2. The molecule has 0 aliphatic heterocycles. The average molecular weight is 333 g/mol. The molecule has 2 atom stereocenters. The first-order valence-electron chi connectivity index (χ1n) is 6.76. The third-order valence-corrected chi connectivity index (χ3v) is 3.90. The quantitative estimate of drug-likeness (QED) is 0.426. The van der Waals surface area contributed by atoms with Crippen LogP contribution in [0.25, 0.3) is 0 Å². The van der Waals surface area contributed by atoms with Gasteiger partial charge in [-0.05, 0) is 20.4 Å². The number of hydrogen-bond donors (Lipinski definition) is 3. The molecule has 0 heterocycles. The number of ketones is 1. The number of ether oxygens (including phenoxy) is 1. The summed E-state index contributed by atoms with van der Waals surface area (Å²) in [4.78, 5) is 45.9. The van der Waals surface area contributed by atoms with Crippen LogP contribution in [0.3, 0.4) is 0 Å². The molecule has 0 rings (SSSR count). The summed E-state index contributed by atoms with van der Waals surface area (Å²) < 4.78 is 4.52. The fourth-order valence-electron chi connectivity index (χ4n) is 1.54. The lowest BCUT2D eigenvalue weighted by molar-refractivity contribution is -0.141. The molecule has 1 amide bonds. The Hall–Kier alpha value is -1.45. The minimum atomic E-state index is -0.776. The van der Waals surface area contributed by atoms with Crippen molar-refractivity contribution < 1.29 is 23.9 Å². The minimum absolute atomic E-state index is 0.0839. The summed E-state index contributed by atoms with van der Waals surface area (Å²) in [6.07, 6.45) is 0.328. The lowest BCUT2D eigenvalue weighted by Crippen LogP contribution is -2.50. The van der Waals surface area contributed by atoms with E-state index in [4.69, 9.17) is 5.73 Å². The van der Waals surface area contributed by atoms with Crippen molar-refractivity contribution in [2.45, 2.75) is 31.8 Å². The minimum Gasteiger partial charge on any atom is -0.469 e. The van der Waals surface area contributed by atoms with E-state index in [-0.39, 0.29) is 36.0 Å². The van der Waals surface area contributed by atoms with Gasteiger partial charge in [-0.3, -0.25) is 19.2 Å². The summed E-state index contributed by atoms with van der Waals surface area (Å²) in [5, 5.41) is 5.10. The highest BCUT2D eigenvalue weighted by molar-refractivity contribution is 8.13. The predicted molar refractivity (Wildman–Crippen MR) is 83.2 cm³/mol. The highest BCUT2D eigenvalue weighted by Crippen LogP contribution is 2.06. The molecule has 8 nitrogen and oxygen atoms in total. The van der Waals surface area contributed by atoms with Crippen molar-refractivity contribution in [3.8, 4) is 0 Å². The Labute approximate surface area is 133 Å². The summed E-state index contributed by atoms with van der Waals surface area (Å²) in [6.45, 7) is 1.21. The molecular formula is C13H23N3O5S. The molecule has 0 aromatic heterocycles. The summed E-state index contributed by atoms with van der Waals surface area (Å²) in [7, 11) is 2.85. The maximum Gasteiger partial charge on any atom is 0.305 e. The molecule has 0 aliphatic carbocycles. The number of hydrogen-bond acceptors (Lipinski definition) is 8. The van der Waals surface area contributed by atoms with Crippen LogP contribution in [-0.4, -0.2) is 61.3 Å². The predicted octanol–water partition coefficient (Wildman–Crippen LogP) is -1.18. The van der Waals surface area contributed by atoms with Crippen LogP contribution in [0.4, 0.5) is 0 Å². The SMILES string of the molecule is CN[C@@H](CCC(=O)OC)C(=O)N[C@@H](CSC(=O)CN)C(C)=O. The zero-order valence-electron chi connectivity index (χ0n) is 13.0. The number of carbonyl (C=O) groups is 4. The second kappa shape index (κ2) is 11.2. The number of amides is 1. The fourth-order valence-corrected chi connectivity index (χ4v) is 2.33. The molecule has 126 valence electrons. The number of carbonyl (C=O) groups excluding carboxylic acids is 4. The topological polar surface area (TPSA) is 128 Å². The third kappa shape index (κ3) is 8.11. The normalized spacial score (nSPS) is 13.1. The zero-order valence-corrected chi connectivity index (χ0v) is 13.8. The van der Waals surface area contributed by atoms with Gasteiger partial charge in [-0.15, -0.1) is 0 Å². The number of nitrogens with two attached hydrogens (primary N) is 1. The van der Waals surface area contributed by atoms with E-state index in [9.17, 15) is 19.2 Å². The molecule has 0 saturated heterocycles. The van der Waals surface area contributed by atoms with Crippen LogP contribution in [-0.2, 0) is 23.9 Å². The number of Topliss-reactive ketones (excluding diaryl/α,β-unsaturated/α-hetero) is 1. The molecule has 9 heteroatoms. The van der Waals surface area contributed by atoms with Crippen molar-refractivity contribution in [2.75, 3.05) is 26.5 Å². The van der Waals surface area contributed by atoms with Crippen LogP contribution in [0.1, 0.15) is 19.8 Å². The van der Waals surface area contributed by atoms with Crippen molar-refractivity contribution in [1.29, 1.82) is 0 Å². The summed E-state index contributed by atoms with van der Waals surface area (Å²) >= 11 is 0.902. The molecule has 0 spiro atoms. The van der Waals surface area contributed by atoms with Crippen LogP contribution in [0, 0.1) is 0 Å². The maximum atomic E-state index is 12.1. The van der Waals surface area contributed by atoms with E-state index in [1.807, 2.05) is 0 Å². The molecule has 4 N–H and O–H groups in total. The van der Waals surface area contributed by atoms with Crippen LogP contribution in [0.15, 0.2) is 0 Å². The molecule has 0 aromatic carbocycles. The van der Waals surface area contributed by atoms with Gasteiger partial charge in [-0.1, -0.05) is 11.8 Å². The Bertz CT molecular complexity index is 416. The van der Waals surface area contributed by atoms with Gasteiger partial charge >= 0.3 is 5.97 Å². The maximum absolute atomic E-state index is 12.1. The van der Waals surface area contributed by atoms with Crippen molar-refractivity contribution in [3.63, 3.8) is 0 Å². The van der Waals surface area contributed by atoms with Crippen molar-refractivity contribution >= 4 is 34.5 Å². The molecule has 0 saturated carbocycles. The van der Waals surface area contributed by atoms with Gasteiger partial charge in [0.1, 0.15) is 0 Å². The smallest absolute Gasteiger partial charge is 0.305 e. The van der Waals surface area contributed by atoms with Gasteiger partial charge < -0.3 is 21.1 Å². The van der Waals surface area contributed by atoms with Gasteiger partial charge in [0, 0.05) is 12.2 Å². The van der Waals surface area contributed by atoms with Crippen LogP contribution < -0.4 is 16.4 Å². The van der Waals surface area contributed by atoms with Crippen molar-refractivity contribution in [3.05, 3.63) is 0 Å². The molecule has 0 fully saturated rings. The molecule has 22 heavy (non-hydrogen) atoms. The van der Waals surface area contributed by atoms with Crippen LogP contribution in [0.2, 0.25) is 0 Å². The lowest BCUT2D eigenvalue weighted by Gasteiger charge is -2.20. The summed E-state index contributed by atoms with van der Waals surface area (Å²) in [6, 6.07) is -1.40. The van der Waals surface area contributed by atoms with Crippen LogP contribution in [0.5, 0.6) is 0 Å². The van der Waals surface area contributed by atoms with E-state index in [2.05, 4.69) is 15.4 Å². The number of rotatable bonds is 10. The first-order valence-corrected chi connectivity index (χ1v) is 7.74. The van der Waals surface area contributed by atoms with E-state index in [1.165, 1.54) is 14.0 Å². The molecule has 0 aromatic rings. The van der Waals surface area contributed by atoms with Crippen LogP contribution >= 0.6 is 11.8 Å². The zero-order chi connectivity index (χ0) is 17.1. The largest absolute Gasteiger partial charge is 0.469 e. The van der Waals surface area contributed by atoms with Gasteiger partial charge in [0.15, 0.2) is 5.78 Å². The second-order valence-electron chi connectivity index (χ2n) is 4.52. The van der Waals surface area contributed by atoms with Gasteiger partial charge in [0.05, 0.1) is 25.7 Å². The second-order valence-corrected chi connectivity index (χ2v) is 5.59. The van der Waals surface area contributed by atoms with Gasteiger partial charge in [0.2, 0.25) is 11.0 Å². The standard InChI is InChI=1S/C13H23N3O5S/c1-8(17)10(7-22-12(19)6-14)16-13(20)9(15-2)4-5-11(18)21-3/h9-10,15H,4-7,14H2,1-3H3,(H,16,20)/t9-,10-/m0/s1. The molecule has 0 aliphatic rings. The molecular weight excluding hydrogens is 310 g/mol. The first kappa shape index (κ1) is 20.6. The van der Waals surface area contributed by atoms with E-state index in [0.29, 0.717) is 0 Å². The highest BCUT2D eigenvalue weighted by Gasteiger charge is 2.24. The Kier molecular flexibility index (Phi) is 10.4. The molecule has 0 bridgehead atoms. The van der Waals surface area contributed by atoms with Gasteiger partial charge in [0.25, 0.3) is 0 Å². The van der Waals surface area contributed by atoms with Crippen molar-refractivity contribution in [1.82, 2.24) is 10.6 Å². The number of methoxy groups -OCH3 is 1. The Morgan fingerprint density at radius 1 is 1.23 bits per heavy atom. The third-order valence-electron chi connectivity index (χ3n) is 2.91. The fraction of sp³-hybridized carbons (Fsp3) is 0.692. The summed E-state index contributed by atoms with van der Waals surface area (Å²) in [5.74, 6) is -0.953. The highest BCUT2D eigenvalue weighted by atomic mass is 32.2. The monoisotopic (exact) mass is 333 g/mol. The molecule has 0 radical (unpaired) electrons. The van der Waals surface area contributed by atoms with Gasteiger partial charge in [-0.2, -0.15) is 0 Å². The van der Waals surface area contributed by atoms with E-state index >= 15 is 0 Å². The summed E-state index contributed by atoms with van der Waals surface area (Å²) in [5.41, 5.74) is 5.19. The Balaban J connectivity index is 4.54. The lowest BCUT2D eigenvalue weighted by atomic mass is 10.1. The Morgan fingerprint density at radius 2 is 1.86 bits per heavy atom. The van der Waals surface area contributed by atoms with Gasteiger partial charge in [-0.25, -0.2) is 0 Å². The number of esters is 1. The first-order chi connectivity index (χ1) is 10.3. The van der Waals surface area contributed by atoms with E-state index in [1.54, 1.807) is 7.05 Å². The number of thioether (sulfide) groups is 1. The van der Waals surface area contributed by atoms with E-state index < -0.39 is 24.0 Å². The van der Waals surface area contributed by atoms with Crippen molar-refractivity contribution in [2.24, 2.45) is 5.73 Å². The Morgan fingerprint density at radius 3 is 2.32 bits per heavy atom. The molecule has 0 unspecified atom stereocenters. The average Bonchev–Trinajstić information content (AvgIpc) is 2.50.